The monoisotopic (exact) mass is 283 g/mol. The molecule has 1 unspecified atom stereocenters. The predicted octanol–water partition coefficient (Wildman–Crippen LogP) is 3.37. The fraction of sp³-hybridized carbons (Fsp3) is 0.611. The van der Waals surface area contributed by atoms with Gasteiger partial charge in [-0.1, -0.05) is 32.4 Å². The van der Waals surface area contributed by atoms with Crippen molar-refractivity contribution in [3.63, 3.8) is 0 Å². The largest absolute Gasteiger partial charge is 0.295 e. The van der Waals surface area contributed by atoms with Crippen LogP contribution in [0.2, 0.25) is 0 Å². The molecule has 1 fully saturated rings. The highest BCUT2D eigenvalue weighted by molar-refractivity contribution is 6.02. The second-order valence-electron chi connectivity index (χ2n) is 7.34. The maximum Gasteiger partial charge on any atom is 0.176 e. The van der Waals surface area contributed by atoms with E-state index in [4.69, 9.17) is 0 Å². The van der Waals surface area contributed by atoms with Crippen LogP contribution in [0.5, 0.6) is 0 Å². The van der Waals surface area contributed by atoms with Gasteiger partial charge < -0.3 is 0 Å². The quantitative estimate of drug-likeness (QED) is 0.685. The molecular weight excluding hydrogens is 262 g/mol. The molecule has 0 amide bonds. The molecule has 0 heterocycles. The predicted molar refractivity (Wildman–Crippen MR) is 79.1 cm³/mol. The number of hydrogen-bond acceptors (Lipinski definition) is 3. The lowest BCUT2D eigenvalue weighted by Gasteiger charge is -2.55. The van der Waals surface area contributed by atoms with Crippen molar-refractivity contribution in [3.05, 3.63) is 23.3 Å². The normalized spacial score (nSPS) is 42.4. The van der Waals surface area contributed by atoms with Crippen molar-refractivity contribution < 1.29 is 9.59 Å². The topological polar surface area (TPSA) is 57.9 Å². The second-order valence-corrected chi connectivity index (χ2v) is 7.34. The molecule has 3 nitrogen and oxygen atoms in total. The Hall–Kier alpha value is -1.69. The van der Waals surface area contributed by atoms with Crippen LogP contribution in [0.25, 0.3) is 0 Å². The van der Waals surface area contributed by atoms with E-state index in [-0.39, 0.29) is 39.8 Å². The van der Waals surface area contributed by atoms with Crippen molar-refractivity contribution in [1.29, 1.82) is 5.26 Å². The van der Waals surface area contributed by atoms with E-state index in [1.54, 1.807) is 0 Å². The van der Waals surface area contributed by atoms with Crippen molar-refractivity contribution in [1.82, 2.24) is 0 Å². The van der Waals surface area contributed by atoms with Gasteiger partial charge in [-0.25, -0.2) is 0 Å². The molecule has 3 aliphatic carbocycles. The highest BCUT2D eigenvalue weighted by atomic mass is 16.1. The average molecular weight is 283 g/mol. The summed E-state index contributed by atoms with van der Waals surface area (Å²) in [6.45, 7) is 6.27. The molecular formula is C18H21NO2. The van der Waals surface area contributed by atoms with Gasteiger partial charge in [0.05, 0.1) is 5.57 Å². The summed E-state index contributed by atoms with van der Waals surface area (Å²) in [7, 11) is 0. The number of carbonyl (C=O) groups excluding carboxylic acids is 2. The summed E-state index contributed by atoms with van der Waals surface area (Å²) in [4.78, 5) is 24.2. The van der Waals surface area contributed by atoms with Gasteiger partial charge in [0.2, 0.25) is 0 Å². The summed E-state index contributed by atoms with van der Waals surface area (Å²) in [5, 5.41) is 9.27. The maximum atomic E-state index is 12.3. The lowest BCUT2D eigenvalue weighted by molar-refractivity contribution is -0.123. The second kappa shape index (κ2) is 4.40. The molecule has 0 radical (unpaired) electrons. The average Bonchev–Trinajstić information content (AvgIpc) is 2.45. The Balaban J connectivity index is 2.20. The Bertz CT molecular complexity index is 636. The first-order chi connectivity index (χ1) is 9.82. The van der Waals surface area contributed by atoms with Crippen molar-refractivity contribution in [2.45, 2.75) is 46.5 Å². The third-order valence-electron chi connectivity index (χ3n) is 6.08. The van der Waals surface area contributed by atoms with E-state index in [1.165, 1.54) is 0 Å². The summed E-state index contributed by atoms with van der Waals surface area (Å²) in [6.07, 6.45) is 7.17. The van der Waals surface area contributed by atoms with E-state index < -0.39 is 0 Å². The van der Waals surface area contributed by atoms with Crippen LogP contribution in [0.1, 0.15) is 46.5 Å². The molecule has 0 aliphatic heterocycles. The van der Waals surface area contributed by atoms with Gasteiger partial charge in [-0.2, -0.15) is 5.26 Å². The number of Topliss-reactive ketones (excluding diaryl/α,β-unsaturated/α-hetero) is 1. The molecule has 0 N–H and O–H groups in total. The van der Waals surface area contributed by atoms with Gasteiger partial charge in [0.15, 0.2) is 11.6 Å². The van der Waals surface area contributed by atoms with E-state index >= 15 is 0 Å². The number of carbonyl (C=O) groups is 2. The zero-order valence-corrected chi connectivity index (χ0v) is 12.9. The Morgan fingerprint density at radius 3 is 2.67 bits per heavy atom. The number of allylic oxidation sites excluding steroid dienone is 4. The van der Waals surface area contributed by atoms with Crippen LogP contribution >= 0.6 is 0 Å². The number of nitrogens with zero attached hydrogens (tertiary/aromatic N) is 1. The summed E-state index contributed by atoms with van der Waals surface area (Å²) in [5.41, 5.74) is 1.12. The van der Waals surface area contributed by atoms with Crippen molar-refractivity contribution in [3.8, 4) is 6.07 Å². The zero-order chi connectivity index (χ0) is 15.4. The SMILES string of the molecule is C[C@H]1C(=O)C(C#N)=C[C@]2(C)C3=CC(=O)CC[C@]3(C)CCC12. The van der Waals surface area contributed by atoms with Crippen LogP contribution in [0.3, 0.4) is 0 Å². The molecule has 0 aromatic heterocycles. The molecule has 4 atom stereocenters. The fourth-order valence-electron chi connectivity index (χ4n) is 4.82. The minimum absolute atomic E-state index is 0.0358. The van der Waals surface area contributed by atoms with Crippen LogP contribution in [-0.4, -0.2) is 11.6 Å². The Kier molecular flexibility index (Phi) is 2.99. The van der Waals surface area contributed by atoms with Crippen molar-refractivity contribution in [2.24, 2.45) is 22.7 Å². The standard InChI is InChI=1S/C18H21NO2/c1-11-14-5-7-17(2)6-4-13(20)8-15(17)18(14,3)9-12(10-19)16(11)21/h8-9,11,14H,4-7H2,1-3H3/t11-,14?,17-,18+/m1/s1. The lowest BCUT2D eigenvalue weighted by Crippen LogP contribution is -2.49. The first-order valence-corrected chi connectivity index (χ1v) is 7.74. The third kappa shape index (κ3) is 1.85. The van der Waals surface area contributed by atoms with Crippen LogP contribution in [0.4, 0.5) is 0 Å². The number of fused-ring (bicyclic) bond motifs is 3. The molecule has 3 aliphatic rings. The smallest absolute Gasteiger partial charge is 0.176 e. The summed E-state index contributed by atoms with van der Waals surface area (Å²) in [5.74, 6) is 0.205. The molecule has 21 heavy (non-hydrogen) atoms. The van der Waals surface area contributed by atoms with Crippen LogP contribution in [0, 0.1) is 34.0 Å². The molecule has 0 saturated heterocycles. The molecule has 0 aromatic carbocycles. The highest BCUT2D eigenvalue weighted by Gasteiger charge is 2.54. The Morgan fingerprint density at radius 1 is 1.29 bits per heavy atom. The number of ketones is 2. The third-order valence-corrected chi connectivity index (χ3v) is 6.08. The van der Waals surface area contributed by atoms with Gasteiger partial charge in [-0.3, -0.25) is 9.59 Å². The molecule has 0 spiro atoms. The minimum Gasteiger partial charge on any atom is -0.295 e. The fourth-order valence-corrected chi connectivity index (χ4v) is 4.82. The molecule has 1 saturated carbocycles. The van der Waals surface area contributed by atoms with Crippen molar-refractivity contribution in [2.75, 3.05) is 0 Å². The van der Waals surface area contributed by atoms with Gasteiger partial charge >= 0.3 is 0 Å². The van der Waals surface area contributed by atoms with E-state index in [0.717, 1.165) is 24.8 Å². The molecule has 3 rings (SSSR count). The van der Waals surface area contributed by atoms with Gasteiger partial charge in [0.25, 0.3) is 0 Å². The van der Waals surface area contributed by atoms with Gasteiger partial charge in [-0.15, -0.1) is 0 Å². The molecule has 0 aromatic rings. The van der Waals surface area contributed by atoms with Gasteiger partial charge in [0, 0.05) is 17.8 Å². The van der Waals surface area contributed by atoms with Crippen LogP contribution in [0.15, 0.2) is 23.3 Å². The first-order valence-electron chi connectivity index (χ1n) is 7.74. The number of nitriles is 1. The molecule has 3 heteroatoms. The number of hydrogen-bond donors (Lipinski definition) is 0. The number of rotatable bonds is 0. The molecule has 110 valence electrons. The van der Waals surface area contributed by atoms with Gasteiger partial charge in [0.1, 0.15) is 6.07 Å². The van der Waals surface area contributed by atoms with E-state index in [0.29, 0.717) is 6.42 Å². The minimum atomic E-state index is -0.332. The Labute approximate surface area is 125 Å². The van der Waals surface area contributed by atoms with Crippen LogP contribution in [-0.2, 0) is 9.59 Å². The van der Waals surface area contributed by atoms with E-state index in [9.17, 15) is 14.9 Å². The van der Waals surface area contributed by atoms with Crippen LogP contribution < -0.4 is 0 Å². The maximum absolute atomic E-state index is 12.3. The highest BCUT2D eigenvalue weighted by Crippen LogP contribution is 2.61. The van der Waals surface area contributed by atoms with E-state index in [2.05, 4.69) is 19.9 Å². The first kappa shape index (κ1) is 14.3. The van der Waals surface area contributed by atoms with Gasteiger partial charge in [-0.05, 0) is 36.7 Å². The summed E-state index contributed by atoms with van der Waals surface area (Å²) in [6, 6.07) is 2.06. The zero-order valence-electron chi connectivity index (χ0n) is 12.9. The summed E-state index contributed by atoms with van der Waals surface area (Å²) >= 11 is 0. The van der Waals surface area contributed by atoms with Crippen molar-refractivity contribution >= 4 is 11.6 Å². The Morgan fingerprint density at radius 2 is 2.00 bits per heavy atom. The summed E-state index contributed by atoms with van der Waals surface area (Å²) < 4.78 is 0. The lowest BCUT2D eigenvalue weighted by atomic mass is 9.48. The van der Waals surface area contributed by atoms with E-state index in [1.807, 2.05) is 19.1 Å². The molecule has 0 bridgehead atoms.